The first-order valence-corrected chi connectivity index (χ1v) is 12.0. The average Bonchev–Trinajstić information content (AvgIpc) is 3.08. The maximum atomic E-state index is 13.3. The van der Waals surface area contributed by atoms with Crippen LogP contribution in [0.1, 0.15) is 47.3 Å². The second-order valence-corrected chi connectivity index (χ2v) is 9.09. The van der Waals surface area contributed by atoms with Gasteiger partial charge in [0.05, 0.1) is 12.5 Å². The van der Waals surface area contributed by atoms with Gasteiger partial charge in [0, 0.05) is 37.4 Å². The Labute approximate surface area is 201 Å². The van der Waals surface area contributed by atoms with Gasteiger partial charge in [0.25, 0.3) is 5.91 Å². The van der Waals surface area contributed by atoms with E-state index in [0.29, 0.717) is 12.1 Å². The molecule has 0 saturated carbocycles. The summed E-state index contributed by atoms with van der Waals surface area (Å²) < 4.78 is 0. The number of amides is 1. The predicted molar refractivity (Wildman–Crippen MR) is 137 cm³/mol. The zero-order valence-corrected chi connectivity index (χ0v) is 20.0. The number of fused-ring (bicyclic) bond motifs is 1. The average molecular weight is 460 g/mol. The van der Waals surface area contributed by atoms with Gasteiger partial charge in [0.2, 0.25) is 0 Å². The molecule has 34 heavy (non-hydrogen) atoms. The Morgan fingerprint density at radius 1 is 1.00 bits per heavy atom. The number of carboxylic acid groups (broad SMARTS) is 1. The second kappa shape index (κ2) is 10.7. The fraction of sp³-hybridized carbons (Fsp3) is 0.357. The Bertz CT molecular complexity index is 1170. The van der Waals surface area contributed by atoms with E-state index < -0.39 is 5.97 Å². The molecule has 1 aliphatic heterocycles. The molecule has 0 spiro atoms. The minimum Gasteiger partial charge on any atom is -0.481 e. The van der Waals surface area contributed by atoms with E-state index in [0.717, 1.165) is 60.2 Å². The molecule has 0 radical (unpaired) electrons. The highest BCUT2D eigenvalue weighted by atomic mass is 16.4. The van der Waals surface area contributed by atoms with Gasteiger partial charge in [-0.3, -0.25) is 9.59 Å². The summed E-state index contributed by atoms with van der Waals surface area (Å²) in [7, 11) is 0. The Kier molecular flexibility index (Phi) is 7.48. The Morgan fingerprint density at radius 3 is 2.62 bits per heavy atom. The van der Waals surface area contributed by atoms with Crippen LogP contribution in [-0.2, 0) is 4.79 Å². The van der Waals surface area contributed by atoms with Crippen molar-refractivity contribution in [3.8, 4) is 0 Å². The topological polar surface area (TPSA) is 72.9 Å². The van der Waals surface area contributed by atoms with Gasteiger partial charge in [-0.05, 0) is 60.8 Å². The number of carbonyl (C=O) groups excluding carboxylic acids is 1. The number of hydrogen-bond acceptors (Lipinski definition) is 4. The first-order valence-electron chi connectivity index (χ1n) is 12.0. The van der Waals surface area contributed by atoms with Crippen LogP contribution in [0.3, 0.4) is 0 Å². The van der Waals surface area contributed by atoms with Crippen molar-refractivity contribution in [1.29, 1.82) is 0 Å². The van der Waals surface area contributed by atoms with Crippen molar-refractivity contribution in [3.05, 3.63) is 77.4 Å². The summed E-state index contributed by atoms with van der Waals surface area (Å²) in [4.78, 5) is 28.7. The number of hydrogen-bond donors (Lipinski definition) is 2. The number of rotatable bonds is 7. The van der Waals surface area contributed by atoms with Crippen molar-refractivity contribution in [1.82, 2.24) is 10.2 Å². The molecule has 4 rings (SSSR count). The van der Waals surface area contributed by atoms with Crippen LogP contribution in [0.25, 0.3) is 10.8 Å². The monoisotopic (exact) mass is 459 g/mol. The third-order valence-corrected chi connectivity index (χ3v) is 6.70. The molecule has 3 aromatic carbocycles. The number of anilines is 1. The van der Waals surface area contributed by atoms with Crippen LogP contribution in [0.4, 0.5) is 5.69 Å². The van der Waals surface area contributed by atoms with Gasteiger partial charge in [-0.25, -0.2) is 0 Å². The summed E-state index contributed by atoms with van der Waals surface area (Å²) in [6.07, 6.45) is 1.14. The molecule has 1 saturated heterocycles. The van der Waals surface area contributed by atoms with Crippen LogP contribution in [0.2, 0.25) is 0 Å². The van der Waals surface area contributed by atoms with Crippen molar-refractivity contribution < 1.29 is 14.7 Å². The number of carboxylic acids is 1. The number of nitrogens with one attached hydrogen (secondary N) is 1. The molecular formula is C28H33N3O3. The lowest BCUT2D eigenvalue weighted by atomic mass is 9.99. The molecular weight excluding hydrogens is 426 g/mol. The molecule has 1 aliphatic rings. The van der Waals surface area contributed by atoms with Gasteiger partial charge in [-0.15, -0.1) is 0 Å². The summed E-state index contributed by atoms with van der Waals surface area (Å²) in [6, 6.07) is 20.4. The lowest BCUT2D eigenvalue weighted by Crippen LogP contribution is -2.32. The van der Waals surface area contributed by atoms with E-state index in [2.05, 4.69) is 45.4 Å². The number of aryl methyl sites for hydroxylation is 1. The van der Waals surface area contributed by atoms with Crippen LogP contribution in [0, 0.1) is 6.92 Å². The number of benzene rings is 3. The van der Waals surface area contributed by atoms with Crippen LogP contribution in [-0.4, -0.2) is 54.6 Å². The number of nitrogens with zero attached hydrogens (tertiary/aromatic N) is 2. The maximum Gasteiger partial charge on any atom is 0.304 e. The lowest BCUT2D eigenvalue weighted by molar-refractivity contribution is -0.137. The first kappa shape index (κ1) is 23.8. The zero-order chi connectivity index (χ0) is 24.1. The zero-order valence-electron chi connectivity index (χ0n) is 20.0. The normalized spacial score (nSPS) is 15.6. The van der Waals surface area contributed by atoms with E-state index in [9.17, 15) is 9.59 Å². The van der Waals surface area contributed by atoms with E-state index >= 15 is 0 Å². The predicted octanol–water partition coefficient (Wildman–Crippen LogP) is 4.63. The second-order valence-electron chi connectivity index (χ2n) is 9.09. The van der Waals surface area contributed by atoms with Gasteiger partial charge in [-0.2, -0.15) is 0 Å². The smallest absolute Gasteiger partial charge is 0.304 e. The first-order chi connectivity index (χ1) is 16.4. The summed E-state index contributed by atoms with van der Waals surface area (Å²) in [5.74, 6) is -0.828. The number of carbonyl (C=O) groups is 2. The highest BCUT2D eigenvalue weighted by molar-refractivity contribution is 5.97. The molecule has 3 aromatic rings. The third kappa shape index (κ3) is 5.57. The molecule has 0 bridgehead atoms. The quantitative estimate of drug-likeness (QED) is 0.539. The molecule has 1 atom stereocenters. The molecule has 1 heterocycles. The minimum absolute atomic E-state index is 0.0716. The molecule has 0 aliphatic carbocycles. The highest BCUT2D eigenvalue weighted by Gasteiger charge is 2.19. The largest absolute Gasteiger partial charge is 0.481 e. The fourth-order valence-electron chi connectivity index (χ4n) is 4.74. The summed E-state index contributed by atoms with van der Waals surface area (Å²) in [5, 5.41) is 14.5. The summed E-state index contributed by atoms with van der Waals surface area (Å²) in [6.45, 7) is 8.00. The maximum absolute atomic E-state index is 13.3. The van der Waals surface area contributed by atoms with E-state index in [1.165, 1.54) is 0 Å². The van der Waals surface area contributed by atoms with Crippen molar-refractivity contribution >= 4 is 28.3 Å². The van der Waals surface area contributed by atoms with E-state index in [1.807, 2.05) is 44.2 Å². The van der Waals surface area contributed by atoms with Gasteiger partial charge >= 0.3 is 5.97 Å². The van der Waals surface area contributed by atoms with Crippen LogP contribution < -0.4 is 10.2 Å². The van der Waals surface area contributed by atoms with E-state index in [4.69, 9.17) is 5.11 Å². The SMILES string of the molecule is Cc1ccc(N2CCCN(CCC(=O)O)CC2)cc1C(=O)N[C@H](C)c1cccc2ccccc12. The van der Waals surface area contributed by atoms with Gasteiger partial charge in [-0.1, -0.05) is 48.5 Å². The minimum atomic E-state index is -0.756. The van der Waals surface area contributed by atoms with Gasteiger partial charge in [0.15, 0.2) is 0 Å². The fourth-order valence-corrected chi connectivity index (χ4v) is 4.74. The van der Waals surface area contributed by atoms with Crippen LogP contribution in [0.5, 0.6) is 0 Å². The van der Waals surface area contributed by atoms with Crippen molar-refractivity contribution in [2.75, 3.05) is 37.6 Å². The van der Waals surface area contributed by atoms with Gasteiger partial charge in [0.1, 0.15) is 0 Å². The van der Waals surface area contributed by atoms with E-state index in [-0.39, 0.29) is 18.4 Å². The Hall–Kier alpha value is -3.38. The molecule has 0 aromatic heterocycles. The molecule has 0 unspecified atom stereocenters. The van der Waals surface area contributed by atoms with Crippen molar-refractivity contribution in [2.24, 2.45) is 0 Å². The molecule has 1 amide bonds. The molecule has 6 heteroatoms. The van der Waals surface area contributed by atoms with Crippen molar-refractivity contribution in [3.63, 3.8) is 0 Å². The van der Waals surface area contributed by atoms with E-state index in [1.54, 1.807) is 0 Å². The summed E-state index contributed by atoms with van der Waals surface area (Å²) >= 11 is 0. The molecule has 178 valence electrons. The van der Waals surface area contributed by atoms with Crippen LogP contribution in [0.15, 0.2) is 60.7 Å². The molecule has 1 fully saturated rings. The molecule has 6 nitrogen and oxygen atoms in total. The lowest BCUT2D eigenvalue weighted by Gasteiger charge is -2.25. The third-order valence-electron chi connectivity index (χ3n) is 6.70. The highest BCUT2D eigenvalue weighted by Crippen LogP contribution is 2.26. The molecule has 2 N–H and O–H groups in total. The van der Waals surface area contributed by atoms with Crippen molar-refractivity contribution in [2.45, 2.75) is 32.7 Å². The Morgan fingerprint density at radius 2 is 1.79 bits per heavy atom. The van der Waals surface area contributed by atoms with Crippen LogP contribution >= 0.6 is 0 Å². The standard InChI is InChI=1S/C28H33N3O3/c1-20-11-12-23(31-15-6-14-30(17-18-31)16-13-27(32)33)19-26(20)28(34)29-21(2)24-10-5-8-22-7-3-4-9-25(22)24/h3-5,7-12,19,21H,6,13-18H2,1-2H3,(H,29,34)(H,32,33)/t21-/m1/s1. The Balaban J connectivity index is 1.47. The van der Waals surface area contributed by atoms with Gasteiger partial charge < -0.3 is 20.2 Å². The summed E-state index contributed by atoms with van der Waals surface area (Å²) in [5.41, 5.74) is 3.78. The number of aliphatic carboxylic acids is 1.